The van der Waals surface area contributed by atoms with E-state index in [0.29, 0.717) is 5.92 Å². The third kappa shape index (κ3) is 1.44. The van der Waals surface area contributed by atoms with Gasteiger partial charge in [0.2, 0.25) is 0 Å². The Morgan fingerprint density at radius 2 is 2.08 bits per heavy atom. The van der Waals surface area contributed by atoms with E-state index < -0.39 is 0 Å². The van der Waals surface area contributed by atoms with Crippen molar-refractivity contribution in [1.29, 1.82) is 0 Å². The molecule has 2 rings (SSSR count). The second kappa shape index (κ2) is 3.16. The van der Waals surface area contributed by atoms with Crippen LogP contribution in [0, 0.1) is 5.92 Å². The van der Waals surface area contributed by atoms with Crippen molar-refractivity contribution in [2.75, 3.05) is 0 Å². The minimum atomic E-state index is 0.145. The summed E-state index contributed by atoms with van der Waals surface area (Å²) in [5.41, 5.74) is 2.76. The van der Waals surface area contributed by atoms with E-state index >= 15 is 0 Å². The van der Waals surface area contributed by atoms with Crippen LogP contribution in [0.25, 0.3) is 0 Å². The summed E-state index contributed by atoms with van der Waals surface area (Å²) in [6.07, 6.45) is 5.95. The highest BCUT2D eigenvalue weighted by molar-refractivity contribution is 5.01. The summed E-state index contributed by atoms with van der Waals surface area (Å²) < 4.78 is 0. The Balaban J connectivity index is 2.15. The summed E-state index contributed by atoms with van der Waals surface area (Å²) in [4.78, 5) is 8.32. The van der Waals surface area contributed by atoms with E-state index in [-0.39, 0.29) is 6.04 Å². The molecular weight excluding hydrogens is 152 g/mol. The maximum absolute atomic E-state index is 5.42. The number of rotatable bonds is 3. The molecular formula is C8H12N4. The molecule has 0 saturated heterocycles. The molecule has 1 aliphatic rings. The monoisotopic (exact) mass is 164 g/mol. The first-order chi connectivity index (χ1) is 5.92. The minimum Gasteiger partial charge on any atom is -0.271 e. The summed E-state index contributed by atoms with van der Waals surface area (Å²) in [6.45, 7) is 0. The lowest BCUT2D eigenvalue weighted by atomic mass is 10.2. The SMILES string of the molecule is NNC(c1ncccn1)C1CC1. The van der Waals surface area contributed by atoms with Gasteiger partial charge in [0.05, 0.1) is 6.04 Å². The largest absolute Gasteiger partial charge is 0.271 e. The van der Waals surface area contributed by atoms with E-state index in [0.717, 1.165) is 5.82 Å². The summed E-state index contributed by atoms with van der Waals surface area (Å²) in [6, 6.07) is 1.95. The molecule has 0 radical (unpaired) electrons. The standard InChI is InChI=1S/C8H12N4/c9-12-7(6-2-3-6)8-10-4-1-5-11-8/h1,4-7,12H,2-3,9H2. The van der Waals surface area contributed by atoms with Crippen LogP contribution in [0.1, 0.15) is 24.7 Å². The molecule has 0 amide bonds. The first-order valence-corrected chi connectivity index (χ1v) is 4.15. The van der Waals surface area contributed by atoms with Crippen LogP contribution in [0.15, 0.2) is 18.5 Å². The Kier molecular flexibility index (Phi) is 2.01. The van der Waals surface area contributed by atoms with E-state index in [1.54, 1.807) is 12.4 Å². The quantitative estimate of drug-likeness (QED) is 0.501. The molecule has 12 heavy (non-hydrogen) atoms. The molecule has 3 N–H and O–H groups in total. The first kappa shape index (κ1) is 7.64. The zero-order valence-corrected chi connectivity index (χ0v) is 6.77. The van der Waals surface area contributed by atoms with Gasteiger partial charge in [0, 0.05) is 12.4 Å². The Bertz CT molecular complexity index is 244. The van der Waals surface area contributed by atoms with Crippen molar-refractivity contribution in [2.24, 2.45) is 11.8 Å². The number of hydrazine groups is 1. The Labute approximate surface area is 71.2 Å². The average Bonchev–Trinajstić information content (AvgIpc) is 2.92. The normalized spacial score (nSPS) is 19.1. The number of aromatic nitrogens is 2. The molecule has 1 fully saturated rings. The second-order valence-electron chi connectivity index (χ2n) is 3.09. The minimum absolute atomic E-state index is 0.145. The first-order valence-electron chi connectivity index (χ1n) is 4.15. The van der Waals surface area contributed by atoms with Gasteiger partial charge >= 0.3 is 0 Å². The lowest BCUT2D eigenvalue weighted by Crippen LogP contribution is -2.30. The van der Waals surface area contributed by atoms with Gasteiger partial charge in [-0.05, 0) is 24.8 Å². The van der Waals surface area contributed by atoms with Crippen LogP contribution < -0.4 is 11.3 Å². The van der Waals surface area contributed by atoms with Gasteiger partial charge in [-0.25, -0.2) is 15.4 Å². The molecule has 1 heterocycles. The topological polar surface area (TPSA) is 63.8 Å². The van der Waals surface area contributed by atoms with Crippen LogP contribution in [-0.4, -0.2) is 9.97 Å². The fraction of sp³-hybridized carbons (Fsp3) is 0.500. The highest BCUT2D eigenvalue weighted by atomic mass is 15.3. The molecule has 0 spiro atoms. The molecule has 0 aliphatic heterocycles. The maximum Gasteiger partial charge on any atom is 0.146 e. The molecule has 1 aromatic rings. The maximum atomic E-state index is 5.42. The molecule has 0 bridgehead atoms. The molecule has 1 atom stereocenters. The Morgan fingerprint density at radius 3 is 2.58 bits per heavy atom. The lowest BCUT2D eigenvalue weighted by Gasteiger charge is -2.11. The highest BCUT2D eigenvalue weighted by Gasteiger charge is 2.33. The van der Waals surface area contributed by atoms with E-state index in [4.69, 9.17) is 5.84 Å². The smallest absolute Gasteiger partial charge is 0.146 e. The molecule has 4 heteroatoms. The van der Waals surface area contributed by atoms with E-state index in [1.807, 2.05) is 6.07 Å². The lowest BCUT2D eigenvalue weighted by molar-refractivity contribution is 0.471. The van der Waals surface area contributed by atoms with Gasteiger partial charge in [-0.3, -0.25) is 5.84 Å². The summed E-state index contributed by atoms with van der Waals surface area (Å²) in [5.74, 6) is 6.86. The molecule has 1 aliphatic carbocycles. The van der Waals surface area contributed by atoms with E-state index in [2.05, 4.69) is 15.4 Å². The van der Waals surface area contributed by atoms with Crippen molar-refractivity contribution in [3.05, 3.63) is 24.3 Å². The number of hydrogen-bond donors (Lipinski definition) is 2. The molecule has 4 nitrogen and oxygen atoms in total. The number of nitrogens with zero attached hydrogens (tertiary/aromatic N) is 2. The van der Waals surface area contributed by atoms with Gasteiger partial charge in [0.1, 0.15) is 5.82 Å². The van der Waals surface area contributed by atoms with Gasteiger partial charge in [-0.2, -0.15) is 0 Å². The van der Waals surface area contributed by atoms with E-state index in [1.165, 1.54) is 12.8 Å². The number of nitrogens with two attached hydrogens (primary N) is 1. The summed E-state index contributed by atoms with van der Waals surface area (Å²) in [5, 5.41) is 0. The van der Waals surface area contributed by atoms with Crippen LogP contribution in [0.3, 0.4) is 0 Å². The molecule has 64 valence electrons. The predicted molar refractivity (Wildman–Crippen MR) is 44.8 cm³/mol. The zero-order chi connectivity index (χ0) is 8.39. The average molecular weight is 164 g/mol. The van der Waals surface area contributed by atoms with Gasteiger partial charge < -0.3 is 0 Å². The van der Waals surface area contributed by atoms with Gasteiger partial charge in [0.25, 0.3) is 0 Å². The fourth-order valence-corrected chi connectivity index (χ4v) is 1.32. The summed E-state index contributed by atoms with van der Waals surface area (Å²) >= 11 is 0. The second-order valence-corrected chi connectivity index (χ2v) is 3.09. The highest BCUT2D eigenvalue weighted by Crippen LogP contribution is 2.39. The molecule has 1 aromatic heterocycles. The van der Waals surface area contributed by atoms with Crippen LogP contribution in [0.4, 0.5) is 0 Å². The van der Waals surface area contributed by atoms with E-state index in [9.17, 15) is 0 Å². The Hall–Kier alpha value is -1.00. The van der Waals surface area contributed by atoms with Gasteiger partial charge in [-0.1, -0.05) is 0 Å². The van der Waals surface area contributed by atoms with Crippen molar-refractivity contribution in [3.63, 3.8) is 0 Å². The number of hydrogen-bond acceptors (Lipinski definition) is 4. The molecule has 1 saturated carbocycles. The van der Waals surface area contributed by atoms with Crippen molar-refractivity contribution in [1.82, 2.24) is 15.4 Å². The predicted octanol–water partition coefficient (Wildman–Crippen LogP) is 0.391. The molecule has 0 aromatic carbocycles. The third-order valence-corrected chi connectivity index (χ3v) is 2.14. The third-order valence-electron chi connectivity index (χ3n) is 2.14. The van der Waals surface area contributed by atoms with Gasteiger partial charge in [0.15, 0.2) is 0 Å². The van der Waals surface area contributed by atoms with Crippen LogP contribution in [-0.2, 0) is 0 Å². The number of nitrogens with one attached hydrogen (secondary N) is 1. The van der Waals surface area contributed by atoms with Crippen molar-refractivity contribution in [2.45, 2.75) is 18.9 Å². The summed E-state index contributed by atoms with van der Waals surface area (Å²) in [7, 11) is 0. The van der Waals surface area contributed by atoms with Gasteiger partial charge in [-0.15, -0.1) is 0 Å². The van der Waals surface area contributed by atoms with Crippen molar-refractivity contribution in [3.8, 4) is 0 Å². The van der Waals surface area contributed by atoms with Crippen LogP contribution in [0.5, 0.6) is 0 Å². The van der Waals surface area contributed by atoms with Crippen LogP contribution >= 0.6 is 0 Å². The fourth-order valence-electron chi connectivity index (χ4n) is 1.32. The molecule has 1 unspecified atom stereocenters. The van der Waals surface area contributed by atoms with Crippen molar-refractivity contribution < 1.29 is 0 Å². The Morgan fingerprint density at radius 1 is 1.42 bits per heavy atom. The van der Waals surface area contributed by atoms with Crippen LogP contribution in [0.2, 0.25) is 0 Å². The zero-order valence-electron chi connectivity index (χ0n) is 6.77. The van der Waals surface area contributed by atoms with Crippen molar-refractivity contribution >= 4 is 0 Å².